The highest BCUT2D eigenvalue weighted by Crippen LogP contribution is 2.28. The molecule has 6 nitrogen and oxygen atoms in total. The number of para-hydroxylation sites is 1. The average Bonchev–Trinajstić information content (AvgIpc) is 3.03. The maximum atomic E-state index is 11.9. The molecule has 0 fully saturated rings. The van der Waals surface area contributed by atoms with Crippen molar-refractivity contribution >= 4 is 17.6 Å². The lowest BCUT2D eigenvalue weighted by atomic mass is 10.1. The van der Waals surface area contributed by atoms with Gasteiger partial charge in [-0.05, 0) is 36.1 Å². The normalized spacial score (nSPS) is 13.8. The molecule has 26 heavy (non-hydrogen) atoms. The van der Waals surface area contributed by atoms with E-state index < -0.39 is 12.1 Å². The van der Waals surface area contributed by atoms with Crippen LogP contribution in [0.25, 0.3) is 0 Å². The van der Waals surface area contributed by atoms with Crippen molar-refractivity contribution in [3.63, 3.8) is 0 Å². The molecule has 2 aromatic rings. The summed E-state index contributed by atoms with van der Waals surface area (Å²) in [5.74, 6) is -0.262. The Labute approximate surface area is 153 Å². The molecule has 0 saturated carbocycles. The molecule has 1 aliphatic heterocycles. The van der Waals surface area contributed by atoms with Crippen molar-refractivity contribution in [2.75, 3.05) is 11.4 Å². The van der Waals surface area contributed by atoms with Crippen LogP contribution in [0.1, 0.15) is 23.6 Å². The van der Waals surface area contributed by atoms with Gasteiger partial charge in [0.15, 0.2) is 0 Å². The minimum absolute atomic E-state index is 0.262. The molecule has 0 bridgehead atoms. The molecule has 2 aromatic carbocycles. The van der Waals surface area contributed by atoms with E-state index in [1.54, 1.807) is 6.92 Å². The first kappa shape index (κ1) is 17.8. The van der Waals surface area contributed by atoms with E-state index in [1.165, 1.54) is 16.8 Å². The maximum Gasteiger partial charge on any atom is 0.312 e. The number of fused-ring (bicyclic) bond motifs is 1. The third kappa shape index (κ3) is 4.33. The Balaban J connectivity index is 1.53. The summed E-state index contributed by atoms with van der Waals surface area (Å²) < 4.78 is 0. The number of hydrogen-bond acceptors (Lipinski definition) is 3. The second-order valence-electron chi connectivity index (χ2n) is 6.56. The van der Waals surface area contributed by atoms with Crippen LogP contribution in [0.5, 0.6) is 0 Å². The van der Waals surface area contributed by atoms with Gasteiger partial charge in [-0.3, -0.25) is 4.79 Å². The predicted molar refractivity (Wildman–Crippen MR) is 102 cm³/mol. The minimum atomic E-state index is -0.708. The molecule has 4 N–H and O–H groups in total. The Hall–Kier alpha value is -3.02. The van der Waals surface area contributed by atoms with Gasteiger partial charge in [-0.2, -0.15) is 0 Å². The van der Waals surface area contributed by atoms with E-state index in [4.69, 9.17) is 5.73 Å². The Morgan fingerprint density at radius 3 is 2.54 bits per heavy atom. The van der Waals surface area contributed by atoms with E-state index in [-0.39, 0.29) is 5.91 Å². The van der Waals surface area contributed by atoms with Crippen molar-refractivity contribution < 1.29 is 9.59 Å². The van der Waals surface area contributed by atoms with E-state index in [2.05, 4.69) is 51.9 Å². The van der Waals surface area contributed by atoms with Gasteiger partial charge in [0.05, 0.1) is 0 Å². The Bertz CT molecular complexity index is 789. The van der Waals surface area contributed by atoms with Gasteiger partial charge >= 0.3 is 6.03 Å². The zero-order chi connectivity index (χ0) is 18.5. The van der Waals surface area contributed by atoms with Crippen molar-refractivity contribution in [1.29, 1.82) is 0 Å². The summed E-state index contributed by atoms with van der Waals surface area (Å²) in [6, 6.07) is 15.4. The van der Waals surface area contributed by atoms with E-state index in [9.17, 15) is 9.59 Å². The molecule has 0 aliphatic carbocycles. The Morgan fingerprint density at radius 1 is 1.12 bits per heavy atom. The number of rotatable bonds is 6. The smallest absolute Gasteiger partial charge is 0.312 e. The Morgan fingerprint density at radius 2 is 1.81 bits per heavy atom. The average molecular weight is 352 g/mol. The summed E-state index contributed by atoms with van der Waals surface area (Å²) >= 11 is 0. The lowest BCUT2D eigenvalue weighted by Crippen LogP contribution is -2.46. The first-order valence-electron chi connectivity index (χ1n) is 8.77. The standard InChI is InChI=1S/C20H24N4O2/c1-14(23-20(21)26)19(25)22-12-15-6-8-16(9-7-15)13-24-11-10-17-4-2-3-5-18(17)24/h2-9,14H,10-13H2,1H3,(H,22,25)(H3,21,23,26)/t14-/m0/s1. The van der Waals surface area contributed by atoms with Gasteiger partial charge in [-0.25, -0.2) is 4.79 Å². The number of anilines is 1. The fourth-order valence-electron chi connectivity index (χ4n) is 3.17. The zero-order valence-electron chi connectivity index (χ0n) is 14.9. The fraction of sp³-hybridized carbons (Fsp3) is 0.300. The van der Waals surface area contributed by atoms with Crippen LogP contribution in [0.2, 0.25) is 0 Å². The summed E-state index contributed by atoms with van der Waals surface area (Å²) in [6.45, 7) is 3.93. The molecular formula is C20H24N4O2. The number of benzene rings is 2. The predicted octanol–water partition coefficient (Wildman–Crippen LogP) is 1.92. The van der Waals surface area contributed by atoms with Gasteiger partial charge in [0, 0.05) is 25.3 Å². The van der Waals surface area contributed by atoms with Crippen LogP contribution in [0, 0.1) is 0 Å². The Kier molecular flexibility index (Phi) is 5.41. The van der Waals surface area contributed by atoms with E-state index in [0.717, 1.165) is 25.1 Å². The number of nitrogens with zero attached hydrogens (tertiary/aromatic N) is 1. The molecule has 3 amide bonds. The molecule has 1 heterocycles. The first-order chi connectivity index (χ1) is 12.5. The zero-order valence-corrected chi connectivity index (χ0v) is 14.9. The third-order valence-corrected chi connectivity index (χ3v) is 4.60. The number of carbonyl (C=O) groups excluding carboxylic acids is 2. The van der Waals surface area contributed by atoms with Gasteiger partial charge in [0.25, 0.3) is 0 Å². The monoisotopic (exact) mass is 352 g/mol. The lowest BCUT2D eigenvalue weighted by Gasteiger charge is -2.19. The van der Waals surface area contributed by atoms with E-state index >= 15 is 0 Å². The third-order valence-electron chi connectivity index (χ3n) is 4.60. The van der Waals surface area contributed by atoms with Crippen LogP contribution < -0.4 is 21.3 Å². The van der Waals surface area contributed by atoms with Crippen LogP contribution in [0.4, 0.5) is 10.5 Å². The lowest BCUT2D eigenvalue weighted by molar-refractivity contribution is -0.122. The summed E-state index contributed by atoms with van der Waals surface area (Å²) in [7, 11) is 0. The van der Waals surface area contributed by atoms with Crippen LogP contribution in [-0.4, -0.2) is 24.5 Å². The van der Waals surface area contributed by atoms with E-state index in [0.29, 0.717) is 6.54 Å². The fourth-order valence-corrected chi connectivity index (χ4v) is 3.17. The summed E-state index contributed by atoms with van der Waals surface area (Å²) in [5.41, 5.74) is 9.99. The number of nitrogens with two attached hydrogens (primary N) is 1. The van der Waals surface area contributed by atoms with E-state index in [1.807, 2.05) is 12.1 Å². The molecule has 1 aliphatic rings. The molecular weight excluding hydrogens is 328 g/mol. The van der Waals surface area contributed by atoms with Crippen molar-refractivity contribution in [3.05, 3.63) is 65.2 Å². The quantitative estimate of drug-likeness (QED) is 0.742. The van der Waals surface area contributed by atoms with Crippen LogP contribution in [0.3, 0.4) is 0 Å². The molecule has 0 spiro atoms. The summed E-state index contributed by atoms with van der Waals surface area (Å²) in [4.78, 5) is 25.0. The topological polar surface area (TPSA) is 87.5 Å². The van der Waals surface area contributed by atoms with Gasteiger partial charge in [0.1, 0.15) is 6.04 Å². The van der Waals surface area contributed by atoms with Gasteiger partial charge in [0.2, 0.25) is 5.91 Å². The highest BCUT2D eigenvalue weighted by Gasteiger charge is 2.18. The van der Waals surface area contributed by atoms with Crippen molar-refractivity contribution in [2.45, 2.75) is 32.5 Å². The number of carbonyl (C=O) groups is 2. The molecule has 0 unspecified atom stereocenters. The van der Waals surface area contributed by atoms with Gasteiger partial charge < -0.3 is 21.3 Å². The second-order valence-corrected chi connectivity index (χ2v) is 6.56. The summed E-state index contributed by atoms with van der Waals surface area (Å²) in [6.07, 6.45) is 1.10. The van der Waals surface area contributed by atoms with Gasteiger partial charge in [-0.15, -0.1) is 0 Å². The number of amides is 3. The highest BCUT2D eigenvalue weighted by atomic mass is 16.2. The number of primary amides is 1. The number of urea groups is 1. The maximum absolute atomic E-state index is 11.9. The first-order valence-corrected chi connectivity index (χ1v) is 8.77. The SMILES string of the molecule is C[C@H](NC(N)=O)C(=O)NCc1ccc(CN2CCc3ccccc32)cc1. The summed E-state index contributed by atoms with van der Waals surface area (Å²) in [5, 5.41) is 5.15. The number of nitrogens with one attached hydrogen (secondary N) is 2. The van der Waals surface area contributed by atoms with Crippen molar-refractivity contribution in [2.24, 2.45) is 5.73 Å². The molecule has 0 aromatic heterocycles. The van der Waals surface area contributed by atoms with Crippen molar-refractivity contribution in [1.82, 2.24) is 10.6 Å². The second kappa shape index (κ2) is 7.91. The molecule has 6 heteroatoms. The molecule has 0 radical (unpaired) electrons. The number of hydrogen-bond donors (Lipinski definition) is 3. The largest absolute Gasteiger partial charge is 0.367 e. The van der Waals surface area contributed by atoms with Crippen molar-refractivity contribution in [3.8, 4) is 0 Å². The van der Waals surface area contributed by atoms with Crippen LogP contribution >= 0.6 is 0 Å². The van der Waals surface area contributed by atoms with Crippen LogP contribution in [-0.2, 0) is 24.3 Å². The molecule has 3 rings (SSSR count). The molecule has 136 valence electrons. The minimum Gasteiger partial charge on any atom is -0.367 e. The molecule has 0 saturated heterocycles. The molecule has 1 atom stereocenters. The highest BCUT2D eigenvalue weighted by molar-refractivity contribution is 5.86. The van der Waals surface area contributed by atoms with Gasteiger partial charge in [-0.1, -0.05) is 42.5 Å². The van der Waals surface area contributed by atoms with Crippen LogP contribution in [0.15, 0.2) is 48.5 Å².